The number of carbonyl (C=O) groups excluding carboxylic acids is 2. The first-order valence-electron chi connectivity index (χ1n) is 9.41. The van der Waals surface area contributed by atoms with Crippen LogP contribution < -0.4 is 10.4 Å². The number of likely N-dealkylation sites (N-methyl/N-ethyl adjacent to an activating group) is 1. The third kappa shape index (κ3) is 5.87. The van der Waals surface area contributed by atoms with Crippen LogP contribution in [0.1, 0.15) is 22.3 Å². The first-order valence-corrected chi connectivity index (χ1v) is 10.3. The molecule has 3 amide bonds. The predicted octanol–water partition coefficient (Wildman–Crippen LogP) is 2.86. The quantitative estimate of drug-likeness (QED) is 0.496. The van der Waals surface area contributed by atoms with Gasteiger partial charge in [-0.1, -0.05) is 18.2 Å². The normalized spacial score (nSPS) is 14.9. The molecule has 0 radical (unpaired) electrons. The molecule has 0 aliphatic carbocycles. The Labute approximate surface area is 184 Å². The number of nitrogens with zero attached hydrogens (tertiary/aromatic N) is 4. The molecule has 0 unspecified atom stereocenters. The summed E-state index contributed by atoms with van der Waals surface area (Å²) in [6.45, 7) is 3.62. The molecule has 1 aliphatic heterocycles. The highest BCUT2D eigenvalue weighted by molar-refractivity contribution is 14.1. The third-order valence-electron chi connectivity index (χ3n) is 4.83. The molecule has 1 aliphatic rings. The van der Waals surface area contributed by atoms with Crippen molar-refractivity contribution >= 4 is 40.8 Å². The minimum absolute atomic E-state index is 0.0564. The Bertz CT molecular complexity index is 819. The smallest absolute Gasteiger partial charge is 0.323 e. The minimum atomic E-state index is -0.322. The highest BCUT2D eigenvalue weighted by Crippen LogP contribution is 2.18. The van der Waals surface area contributed by atoms with Gasteiger partial charge in [0.15, 0.2) is 0 Å². The van der Waals surface area contributed by atoms with Crippen molar-refractivity contribution in [3.8, 4) is 0 Å². The maximum Gasteiger partial charge on any atom is 0.326 e. The van der Waals surface area contributed by atoms with Crippen molar-refractivity contribution in [3.05, 3.63) is 59.8 Å². The van der Waals surface area contributed by atoms with Crippen LogP contribution >= 0.6 is 23.0 Å². The molecule has 0 spiro atoms. The fraction of sp³-hybridized carbons (Fsp3) is 0.350. The Morgan fingerprint density at radius 2 is 1.93 bits per heavy atom. The van der Waals surface area contributed by atoms with E-state index in [4.69, 9.17) is 0 Å². The molecule has 0 bridgehead atoms. The zero-order chi connectivity index (χ0) is 20.6. The van der Waals surface area contributed by atoms with E-state index in [0.717, 1.165) is 31.6 Å². The average molecular weight is 509 g/mol. The Hall–Kier alpha value is -2.24. The summed E-state index contributed by atoms with van der Waals surface area (Å²) in [4.78, 5) is 35.4. The van der Waals surface area contributed by atoms with Gasteiger partial charge in [-0.3, -0.25) is 9.69 Å². The summed E-state index contributed by atoms with van der Waals surface area (Å²) in [5, 5.41) is 0. The van der Waals surface area contributed by atoms with E-state index in [0.29, 0.717) is 24.5 Å². The SMILES string of the molecule is CN1CCCN(C(=O)N(Cc2ccc(C(=O)NOI)cc2)c2ccccn2)CC1. The molecule has 2 aromatic rings. The maximum absolute atomic E-state index is 13.3. The van der Waals surface area contributed by atoms with E-state index in [1.807, 2.05) is 35.2 Å². The second kappa shape index (κ2) is 10.5. The molecule has 1 N–H and O–H groups in total. The number of hydroxylamine groups is 1. The monoisotopic (exact) mass is 509 g/mol. The van der Waals surface area contributed by atoms with Gasteiger partial charge in [-0.2, -0.15) is 0 Å². The Morgan fingerprint density at radius 1 is 1.14 bits per heavy atom. The molecule has 154 valence electrons. The molecular formula is C20H24IN5O3. The number of urea groups is 1. The van der Waals surface area contributed by atoms with Gasteiger partial charge in [-0.25, -0.2) is 18.4 Å². The van der Waals surface area contributed by atoms with Crippen molar-refractivity contribution in [1.82, 2.24) is 20.3 Å². The van der Waals surface area contributed by atoms with Gasteiger partial charge >= 0.3 is 6.03 Å². The zero-order valence-electron chi connectivity index (χ0n) is 16.3. The van der Waals surface area contributed by atoms with Gasteiger partial charge in [0.05, 0.1) is 6.54 Å². The summed E-state index contributed by atoms with van der Waals surface area (Å²) in [7, 11) is 2.07. The number of carbonyl (C=O) groups is 2. The minimum Gasteiger partial charge on any atom is -0.323 e. The highest BCUT2D eigenvalue weighted by Gasteiger charge is 2.25. The predicted molar refractivity (Wildman–Crippen MR) is 119 cm³/mol. The van der Waals surface area contributed by atoms with Gasteiger partial charge in [-0.15, -0.1) is 0 Å². The van der Waals surface area contributed by atoms with E-state index in [2.05, 4.69) is 25.6 Å². The van der Waals surface area contributed by atoms with E-state index in [9.17, 15) is 9.59 Å². The van der Waals surface area contributed by atoms with E-state index in [-0.39, 0.29) is 11.9 Å². The second-order valence-corrected chi connectivity index (χ2v) is 7.35. The number of pyridine rings is 1. The van der Waals surface area contributed by atoms with Gasteiger partial charge in [0.25, 0.3) is 5.91 Å². The number of anilines is 1. The topological polar surface area (TPSA) is 78.0 Å². The third-order valence-corrected chi connectivity index (χ3v) is 5.06. The average Bonchev–Trinajstić information content (AvgIpc) is 2.97. The molecule has 1 aromatic carbocycles. The van der Waals surface area contributed by atoms with Crippen molar-refractivity contribution in [2.24, 2.45) is 0 Å². The van der Waals surface area contributed by atoms with Gasteiger partial charge in [0.2, 0.25) is 0 Å². The molecule has 29 heavy (non-hydrogen) atoms. The zero-order valence-corrected chi connectivity index (χ0v) is 18.4. The Morgan fingerprint density at radius 3 is 2.62 bits per heavy atom. The highest BCUT2D eigenvalue weighted by atomic mass is 127. The summed E-state index contributed by atoms with van der Waals surface area (Å²) in [6.07, 6.45) is 2.63. The van der Waals surface area contributed by atoms with Gasteiger partial charge in [-0.05, 0) is 49.8 Å². The molecule has 8 nitrogen and oxygen atoms in total. The largest absolute Gasteiger partial charge is 0.326 e. The summed E-state index contributed by atoms with van der Waals surface area (Å²) in [5.74, 6) is 0.285. The van der Waals surface area contributed by atoms with E-state index < -0.39 is 0 Å². The van der Waals surface area contributed by atoms with Crippen molar-refractivity contribution in [3.63, 3.8) is 0 Å². The number of aromatic nitrogens is 1. The van der Waals surface area contributed by atoms with Crippen molar-refractivity contribution in [2.75, 3.05) is 38.1 Å². The Kier molecular flexibility index (Phi) is 7.78. The number of amides is 3. The summed E-state index contributed by atoms with van der Waals surface area (Å²) < 4.78 is 4.63. The van der Waals surface area contributed by atoms with Crippen LogP contribution in [-0.4, -0.2) is 59.9 Å². The molecule has 1 saturated heterocycles. The summed E-state index contributed by atoms with van der Waals surface area (Å²) in [5.41, 5.74) is 3.67. The van der Waals surface area contributed by atoms with Crippen LogP contribution in [0.5, 0.6) is 0 Å². The van der Waals surface area contributed by atoms with Crippen LogP contribution in [0.4, 0.5) is 10.6 Å². The Balaban J connectivity index is 1.79. The number of hydrogen-bond acceptors (Lipinski definition) is 5. The van der Waals surface area contributed by atoms with Crippen LogP contribution in [0.3, 0.4) is 0 Å². The lowest BCUT2D eigenvalue weighted by atomic mass is 10.1. The van der Waals surface area contributed by atoms with Crippen molar-refractivity contribution < 1.29 is 12.8 Å². The van der Waals surface area contributed by atoms with Gasteiger partial charge in [0, 0.05) is 31.4 Å². The molecule has 0 saturated carbocycles. The molecule has 1 aromatic heterocycles. The first-order chi connectivity index (χ1) is 14.1. The second-order valence-electron chi connectivity index (χ2n) is 6.91. The van der Waals surface area contributed by atoms with Crippen LogP contribution in [0.15, 0.2) is 48.7 Å². The first kappa shape index (κ1) is 21.5. The number of rotatable bonds is 5. The maximum atomic E-state index is 13.3. The molecule has 3 rings (SSSR count). The molecule has 1 fully saturated rings. The van der Waals surface area contributed by atoms with E-state index >= 15 is 0 Å². The number of benzene rings is 1. The lowest BCUT2D eigenvalue weighted by molar-refractivity contribution is 0.0829. The molecule has 0 atom stereocenters. The van der Waals surface area contributed by atoms with Gasteiger partial charge < -0.3 is 9.80 Å². The molecular weight excluding hydrogens is 485 g/mol. The fourth-order valence-electron chi connectivity index (χ4n) is 3.21. The van der Waals surface area contributed by atoms with Crippen LogP contribution in [0.25, 0.3) is 0 Å². The van der Waals surface area contributed by atoms with Gasteiger partial charge in [0.1, 0.15) is 28.8 Å². The van der Waals surface area contributed by atoms with E-state index in [1.165, 1.54) is 0 Å². The number of hydrogen-bond donors (Lipinski definition) is 1. The van der Waals surface area contributed by atoms with E-state index in [1.54, 1.807) is 46.2 Å². The number of halogens is 1. The summed E-state index contributed by atoms with van der Waals surface area (Å²) >= 11 is 1.60. The van der Waals surface area contributed by atoms with Crippen LogP contribution in [-0.2, 0) is 9.71 Å². The number of nitrogens with one attached hydrogen (secondary N) is 1. The lowest BCUT2D eigenvalue weighted by Gasteiger charge is -2.29. The molecule has 9 heteroatoms. The van der Waals surface area contributed by atoms with Crippen molar-refractivity contribution in [1.29, 1.82) is 0 Å². The fourth-order valence-corrected chi connectivity index (χ4v) is 3.41. The van der Waals surface area contributed by atoms with Crippen molar-refractivity contribution in [2.45, 2.75) is 13.0 Å². The van der Waals surface area contributed by atoms with Crippen LogP contribution in [0, 0.1) is 0 Å². The summed E-state index contributed by atoms with van der Waals surface area (Å²) in [6, 6.07) is 12.6. The lowest BCUT2D eigenvalue weighted by Crippen LogP contribution is -2.44. The molecule has 2 heterocycles. The standard InChI is InChI=1S/C20H24IN5O3/c1-24-11-4-12-25(14-13-24)20(28)26(18-5-2-3-10-22-18)15-16-6-8-17(9-7-16)19(27)23-29-21/h2-3,5-10H,4,11-15H2,1H3,(H,23,27). The van der Waals surface area contributed by atoms with Crippen LogP contribution in [0.2, 0.25) is 0 Å².